The maximum Gasteiger partial charge on any atom is 0.222 e. The molecule has 8 nitrogen and oxygen atoms in total. The fourth-order valence-corrected chi connectivity index (χ4v) is 4.68. The molecule has 8 heteroatoms. The third-order valence-corrected chi connectivity index (χ3v) is 6.68. The average Bonchev–Trinajstić information content (AvgIpc) is 3.29. The van der Waals surface area contributed by atoms with Gasteiger partial charge in [0, 0.05) is 51.2 Å². The van der Waals surface area contributed by atoms with E-state index in [2.05, 4.69) is 10.5 Å². The normalized spacial score (nSPS) is 21.4. The Morgan fingerprint density at radius 1 is 1.12 bits per heavy atom. The molecule has 2 aliphatic rings. The van der Waals surface area contributed by atoms with E-state index in [0.29, 0.717) is 44.4 Å². The standard InChI is InChI=1S/C24H32N4O4/c1-17(29)27-9-11-28(12-10-27)24(30)14-19-7-8-25-16-20(19)13-21-15-23(32-26-21)18-3-5-22(31-2)6-4-18/h3-6,15,19-20,25H,7-14,16H2,1-2H3/t19-,20+/m1/s1. The van der Waals surface area contributed by atoms with Crippen LogP contribution in [0.15, 0.2) is 34.9 Å². The van der Waals surface area contributed by atoms with Crippen molar-refractivity contribution in [2.24, 2.45) is 11.8 Å². The maximum atomic E-state index is 12.9. The number of nitrogens with one attached hydrogen (secondary N) is 1. The van der Waals surface area contributed by atoms with E-state index in [1.54, 1.807) is 14.0 Å². The molecule has 172 valence electrons. The maximum absolute atomic E-state index is 12.9. The summed E-state index contributed by atoms with van der Waals surface area (Å²) in [6.07, 6.45) is 2.31. The van der Waals surface area contributed by atoms with Gasteiger partial charge in [0.2, 0.25) is 11.8 Å². The lowest BCUT2D eigenvalue weighted by atomic mass is 9.81. The topological polar surface area (TPSA) is 87.9 Å². The van der Waals surface area contributed by atoms with E-state index in [-0.39, 0.29) is 11.8 Å². The number of rotatable bonds is 6. The molecule has 2 aliphatic heterocycles. The Balaban J connectivity index is 1.35. The fraction of sp³-hybridized carbons (Fsp3) is 0.542. The number of benzene rings is 1. The Morgan fingerprint density at radius 3 is 2.53 bits per heavy atom. The second-order valence-corrected chi connectivity index (χ2v) is 8.72. The molecule has 2 saturated heterocycles. The predicted octanol–water partition coefficient (Wildman–Crippen LogP) is 2.20. The zero-order chi connectivity index (χ0) is 22.5. The lowest BCUT2D eigenvalue weighted by Gasteiger charge is -2.37. The van der Waals surface area contributed by atoms with Crippen molar-refractivity contribution in [3.05, 3.63) is 36.0 Å². The first kappa shape index (κ1) is 22.3. The largest absolute Gasteiger partial charge is 0.497 e. The molecular weight excluding hydrogens is 408 g/mol. The number of piperidine rings is 1. The molecule has 0 unspecified atom stereocenters. The Bertz CT molecular complexity index is 918. The van der Waals surface area contributed by atoms with E-state index in [4.69, 9.17) is 9.26 Å². The van der Waals surface area contributed by atoms with Crippen LogP contribution in [0.1, 0.15) is 25.5 Å². The predicted molar refractivity (Wildman–Crippen MR) is 120 cm³/mol. The first-order valence-corrected chi connectivity index (χ1v) is 11.4. The highest BCUT2D eigenvalue weighted by Gasteiger charge is 2.31. The van der Waals surface area contributed by atoms with Crippen LogP contribution < -0.4 is 10.1 Å². The van der Waals surface area contributed by atoms with Gasteiger partial charge in [-0.25, -0.2) is 0 Å². The molecule has 0 bridgehead atoms. The van der Waals surface area contributed by atoms with E-state index in [0.717, 1.165) is 48.7 Å². The van der Waals surface area contributed by atoms with Crippen molar-refractivity contribution in [2.75, 3.05) is 46.4 Å². The molecule has 4 rings (SSSR count). The van der Waals surface area contributed by atoms with Gasteiger partial charge in [0.25, 0.3) is 0 Å². The number of piperazine rings is 1. The van der Waals surface area contributed by atoms with E-state index in [1.807, 2.05) is 40.1 Å². The van der Waals surface area contributed by atoms with E-state index in [9.17, 15) is 9.59 Å². The molecule has 0 saturated carbocycles. The summed E-state index contributed by atoms with van der Waals surface area (Å²) in [5.74, 6) is 2.47. The van der Waals surface area contributed by atoms with Crippen molar-refractivity contribution in [2.45, 2.75) is 26.2 Å². The Kier molecular flexibility index (Phi) is 7.09. The number of hydrogen-bond acceptors (Lipinski definition) is 6. The molecule has 0 spiro atoms. The molecule has 0 aliphatic carbocycles. The van der Waals surface area contributed by atoms with Gasteiger partial charge in [0.05, 0.1) is 12.8 Å². The molecule has 1 aromatic carbocycles. The minimum Gasteiger partial charge on any atom is -0.497 e. The number of ether oxygens (including phenoxy) is 1. The second kappa shape index (κ2) is 10.2. The third-order valence-electron chi connectivity index (χ3n) is 6.68. The van der Waals surface area contributed by atoms with Crippen molar-refractivity contribution >= 4 is 11.8 Å². The quantitative estimate of drug-likeness (QED) is 0.741. The number of amides is 2. The Hall–Kier alpha value is -2.87. The SMILES string of the molecule is COc1ccc(-c2cc(C[C@H]3CNCC[C@@H]3CC(=O)N3CCN(C(C)=O)CC3)no2)cc1. The highest BCUT2D eigenvalue weighted by molar-refractivity contribution is 5.77. The molecule has 32 heavy (non-hydrogen) atoms. The minimum atomic E-state index is 0.0807. The Labute approximate surface area is 188 Å². The van der Waals surface area contributed by atoms with Crippen LogP contribution in [0.3, 0.4) is 0 Å². The summed E-state index contributed by atoms with van der Waals surface area (Å²) in [6, 6.07) is 9.72. The van der Waals surface area contributed by atoms with Crippen LogP contribution in [0.25, 0.3) is 11.3 Å². The third kappa shape index (κ3) is 5.30. The summed E-state index contributed by atoms with van der Waals surface area (Å²) < 4.78 is 10.8. The van der Waals surface area contributed by atoms with Crippen LogP contribution in [0.5, 0.6) is 5.75 Å². The van der Waals surface area contributed by atoms with Gasteiger partial charge < -0.3 is 24.4 Å². The number of methoxy groups -OCH3 is 1. The van der Waals surface area contributed by atoms with E-state index in [1.165, 1.54) is 0 Å². The van der Waals surface area contributed by atoms with Gasteiger partial charge in [0.15, 0.2) is 5.76 Å². The summed E-state index contributed by atoms with van der Waals surface area (Å²) in [5, 5.41) is 7.76. The molecule has 2 amide bonds. The van der Waals surface area contributed by atoms with Gasteiger partial charge in [0.1, 0.15) is 5.75 Å². The molecule has 3 heterocycles. The van der Waals surface area contributed by atoms with Gasteiger partial charge in [-0.1, -0.05) is 5.16 Å². The van der Waals surface area contributed by atoms with Crippen molar-refractivity contribution in [3.8, 4) is 17.1 Å². The summed E-state index contributed by atoms with van der Waals surface area (Å²) in [5.41, 5.74) is 1.87. The Morgan fingerprint density at radius 2 is 1.84 bits per heavy atom. The molecule has 2 atom stereocenters. The number of aromatic nitrogens is 1. The zero-order valence-corrected chi connectivity index (χ0v) is 18.9. The first-order chi connectivity index (χ1) is 15.5. The summed E-state index contributed by atoms with van der Waals surface area (Å²) in [7, 11) is 1.65. The van der Waals surface area contributed by atoms with Crippen LogP contribution in [-0.4, -0.2) is 73.1 Å². The number of nitrogens with zero attached hydrogens (tertiary/aromatic N) is 3. The van der Waals surface area contributed by atoms with E-state index < -0.39 is 0 Å². The number of hydrogen-bond donors (Lipinski definition) is 1. The van der Waals surface area contributed by atoms with Crippen molar-refractivity contribution in [1.29, 1.82) is 0 Å². The van der Waals surface area contributed by atoms with Crippen LogP contribution in [0.2, 0.25) is 0 Å². The van der Waals surface area contributed by atoms with Crippen molar-refractivity contribution < 1.29 is 18.8 Å². The zero-order valence-electron chi connectivity index (χ0n) is 18.9. The van der Waals surface area contributed by atoms with E-state index >= 15 is 0 Å². The monoisotopic (exact) mass is 440 g/mol. The first-order valence-electron chi connectivity index (χ1n) is 11.4. The lowest BCUT2D eigenvalue weighted by Crippen LogP contribution is -2.51. The second-order valence-electron chi connectivity index (χ2n) is 8.72. The summed E-state index contributed by atoms with van der Waals surface area (Å²) >= 11 is 0. The van der Waals surface area contributed by atoms with Gasteiger partial charge in [-0.2, -0.15) is 0 Å². The lowest BCUT2D eigenvalue weighted by molar-refractivity contribution is -0.139. The van der Waals surface area contributed by atoms with Gasteiger partial charge in [-0.05, 0) is 62.0 Å². The number of carbonyl (C=O) groups is 2. The molecule has 1 aromatic heterocycles. The minimum absolute atomic E-state index is 0.0807. The number of carbonyl (C=O) groups excluding carboxylic acids is 2. The summed E-state index contributed by atoms with van der Waals surface area (Å²) in [6.45, 7) is 5.91. The van der Waals surface area contributed by atoms with Gasteiger partial charge in [-0.15, -0.1) is 0 Å². The van der Waals surface area contributed by atoms with Crippen LogP contribution in [0, 0.1) is 11.8 Å². The van der Waals surface area contributed by atoms with Gasteiger partial charge in [-0.3, -0.25) is 9.59 Å². The summed E-state index contributed by atoms with van der Waals surface area (Å²) in [4.78, 5) is 28.2. The molecule has 1 N–H and O–H groups in total. The molecule has 2 aromatic rings. The fourth-order valence-electron chi connectivity index (χ4n) is 4.68. The van der Waals surface area contributed by atoms with Crippen LogP contribution in [-0.2, 0) is 16.0 Å². The van der Waals surface area contributed by atoms with Crippen LogP contribution >= 0.6 is 0 Å². The molecule has 2 fully saturated rings. The average molecular weight is 441 g/mol. The van der Waals surface area contributed by atoms with Crippen LogP contribution in [0.4, 0.5) is 0 Å². The highest BCUT2D eigenvalue weighted by atomic mass is 16.5. The smallest absolute Gasteiger partial charge is 0.222 e. The molecular formula is C24H32N4O4. The molecule has 0 radical (unpaired) electrons. The van der Waals surface area contributed by atoms with Crippen molar-refractivity contribution in [1.82, 2.24) is 20.3 Å². The van der Waals surface area contributed by atoms with Gasteiger partial charge >= 0.3 is 0 Å². The highest BCUT2D eigenvalue weighted by Crippen LogP contribution is 2.29. The van der Waals surface area contributed by atoms with Crippen molar-refractivity contribution in [3.63, 3.8) is 0 Å².